The third-order valence-electron chi connectivity index (χ3n) is 2.81. The van der Waals surface area contributed by atoms with Gasteiger partial charge in [0.1, 0.15) is 11.6 Å². The van der Waals surface area contributed by atoms with Crippen molar-refractivity contribution in [3.63, 3.8) is 0 Å². The van der Waals surface area contributed by atoms with E-state index in [2.05, 4.69) is 4.98 Å². The summed E-state index contributed by atoms with van der Waals surface area (Å²) < 4.78 is 18.6. The Morgan fingerprint density at radius 1 is 1.59 bits per heavy atom. The molecule has 1 aromatic rings. The van der Waals surface area contributed by atoms with Gasteiger partial charge in [-0.25, -0.2) is 9.37 Å². The van der Waals surface area contributed by atoms with Crippen LogP contribution in [0.15, 0.2) is 12.3 Å². The monoisotopic (exact) mass is 240 g/mol. The number of pyridine rings is 1. The normalized spacial score (nSPS) is 19.4. The Hall–Kier alpha value is -1.20. The second kappa shape index (κ2) is 4.58. The number of ether oxygens (including phenoxy) is 1. The Kier molecular flexibility index (Phi) is 3.31. The van der Waals surface area contributed by atoms with Crippen LogP contribution in [0.4, 0.5) is 10.2 Å². The van der Waals surface area contributed by atoms with E-state index in [0.717, 1.165) is 0 Å². The van der Waals surface area contributed by atoms with E-state index in [-0.39, 0.29) is 12.2 Å². The molecule has 1 N–H and O–H groups in total. The van der Waals surface area contributed by atoms with E-state index in [9.17, 15) is 9.50 Å². The summed E-state index contributed by atoms with van der Waals surface area (Å²) in [5, 5.41) is 9.24. The Morgan fingerprint density at radius 2 is 2.35 bits per heavy atom. The zero-order chi connectivity index (χ0) is 12.5. The predicted octanol–water partition coefficient (Wildman–Crippen LogP) is 1.33. The largest absolute Gasteiger partial charge is 0.392 e. The van der Waals surface area contributed by atoms with Crippen LogP contribution in [-0.2, 0) is 11.3 Å². The number of aliphatic hydroxyl groups is 1. The van der Waals surface area contributed by atoms with Crippen LogP contribution in [0.3, 0.4) is 0 Å². The SMILES string of the molecule is CC1(C)CN(c2ncc(F)cc2CO)CCO1. The molecule has 0 aromatic carbocycles. The first-order valence-electron chi connectivity index (χ1n) is 5.66. The second-order valence-electron chi connectivity index (χ2n) is 4.82. The summed E-state index contributed by atoms with van der Waals surface area (Å²) in [6.07, 6.45) is 1.18. The van der Waals surface area contributed by atoms with Crippen LogP contribution in [0.2, 0.25) is 0 Å². The summed E-state index contributed by atoms with van der Waals surface area (Å²) >= 11 is 0. The van der Waals surface area contributed by atoms with Crippen molar-refractivity contribution in [1.29, 1.82) is 0 Å². The molecule has 0 saturated carbocycles. The molecule has 0 spiro atoms. The van der Waals surface area contributed by atoms with Gasteiger partial charge in [-0.1, -0.05) is 0 Å². The zero-order valence-corrected chi connectivity index (χ0v) is 10.1. The molecule has 94 valence electrons. The smallest absolute Gasteiger partial charge is 0.142 e. The highest BCUT2D eigenvalue weighted by Crippen LogP contribution is 2.24. The van der Waals surface area contributed by atoms with Gasteiger partial charge in [0.15, 0.2) is 0 Å². The number of halogens is 1. The van der Waals surface area contributed by atoms with Crippen molar-refractivity contribution in [2.45, 2.75) is 26.1 Å². The summed E-state index contributed by atoms with van der Waals surface area (Å²) in [6, 6.07) is 1.32. The molecule has 17 heavy (non-hydrogen) atoms. The molecule has 0 amide bonds. The molecule has 2 rings (SSSR count). The first kappa shape index (κ1) is 12.3. The fourth-order valence-electron chi connectivity index (χ4n) is 2.07. The molecule has 1 saturated heterocycles. The van der Waals surface area contributed by atoms with Crippen LogP contribution in [0.5, 0.6) is 0 Å². The molecule has 1 aliphatic rings. The average Bonchev–Trinajstić information content (AvgIpc) is 2.27. The lowest BCUT2D eigenvalue weighted by Crippen LogP contribution is -2.49. The minimum absolute atomic E-state index is 0.210. The summed E-state index contributed by atoms with van der Waals surface area (Å²) in [7, 11) is 0. The highest BCUT2D eigenvalue weighted by Gasteiger charge is 2.28. The Balaban J connectivity index is 2.27. The molecule has 5 heteroatoms. The van der Waals surface area contributed by atoms with Crippen molar-refractivity contribution in [3.05, 3.63) is 23.6 Å². The molecule has 4 nitrogen and oxygen atoms in total. The molecular weight excluding hydrogens is 223 g/mol. The van der Waals surface area contributed by atoms with E-state index in [1.54, 1.807) is 0 Å². The van der Waals surface area contributed by atoms with Gasteiger partial charge in [0.05, 0.1) is 25.0 Å². The van der Waals surface area contributed by atoms with E-state index >= 15 is 0 Å². The number of aliphatic hydroxyl groups excluding tert-OH is 1. The minimum Gasteiger partial charge on any atom is -0.392 e. The predicted molar refractivity (Wildman–Crippen MR) is 62.4 cm³/mol. The minimum atomic E-state index is -0.426. The maximum absolute atomic E-state index is 13.0. The molecular formula is C12H17FN2O2. The van der Waals surface area contributed by atoms with Crippen molar-refractivity contribution < 1.29 is 14.2 Å². The number of nitrogens with zero attached hydrogens (tertiary/aromatic N) is 2. The number of hydrogen-bond acceptors (Lipinski definition) is 4. The summed E-state index contributed by atoms with van der Waals surface area (Å²) in [6.45, 7) is 5.78. The molecule has 0 unspecified atom stereocenters. The molecule has 0 aliphatic carbocycles. The molecule has 0 bridgehead atoms. The quantitative estimate of drug-likeness (QED) is 0.847. The summed E-state index contributed by atoms with van der Waals surface area (Å²) in [4.78, 5) is 6.10. The van der Waals surface area contributed by atoms with Crippen LogP contribution in [-0.4, -0.2) is 35.4 Å². The van der Waals surface area contributed by atoms with Gasteiger partial charge in [0.2, 0.25) is 0 Å². The van der Waals surface area contributed by atoms with Crippen LogP contribution in [0.1, 0.15) is 19.4 Å². The summed E-state index contributed by atoms with van der Waals surface area (Å²) in [5.74, 6) is 0.218. The second-order valence-corrected chi connectivity index (χ2v) is 4.82. The molecule has 1 aromatic heterocycles. The lowest BCUT2D eigenvalue weighted by molar-refractivity contribution is -0.0280. The highest BCUT2D eigenvalue weighted by atomic mass is 19.1. The van der Waals surface area contributed by atoms with Gasteiger partial charge >= 0.3 is 0 Å². The molecule has 2 heterocycles. The maximum atomic E-state index is 13.0. The van der Waals surface area contributed by atoms with Gasteiger partial charge in [0, 0.05) is 18.7 Å². The van der Waals surface area contributed by atoms with Crippen LogP contribution >= 0.6 is 0 Å². The first-order chi connectivity index (χ1) is 8.02. The average molecular weight is 240 g/mol. The van der Waals surface area contributed by atoms with Crippen LogP contribution in [0, 0.1) is 5.82 Å². The van der Waals surface area contributed by atoms with E-state index in [1.807, 2.05) is 18.7 Å². The topological polar surface area (TPSA) is 45.6 Å². The van der Waals surface area contributed by atoms with Gasteiger partial charge in [-0.3, -0.25) is 0 Å². The van der Waals surface area contributed by atoms with E-state index in [1.165, 1.54) is 12.3 Å². The Bertz CT molecular complexity index is 409. The van der Waals surface area contributed by atoms with Gasteiger partial charge in [-0.05, 0) is 19.9 Å². The summed E-state index contributed by atoms with van der Waals surface area (Å²) in [5.41, 5.74) is 0.267. The van der Waals surface area contributed by atoms with E-state index in [0.29, 0.717) is 31.1 Å². The van der Waals surface area contributed by atoms with E-state index in [4.69, 9.17) is 4.74 Å². The molecule has 0 radical (unpaired) electrons. The molecule has 0 atom stereocenters. The number of aromatic nitrogens is 1. The molecule has 1 fully saturated rings. The van der Waals surface area contributed by atoms with Crippen molar-refractivity contribution in [2.24, 2.45) is 0 Å². The van der Waals surface area contributed by atoms with Crippen molar-refractivity contribution in [1.82, 2.24) is 4.98 Å². The highest BCUT2D eigenvalue weighted by molar-refractivity contribution is 5.47. The number of rotatable bonds is 2. The standard InChI is InChI=1S/C12H17FN2O2/c1-12(2)8-15(3-4-17-12)11-9(7-16)5-10(13)6-14-11/h5-6,16H,3-4,7-8H2,1-2H3. The number of morpholine rings is 1. The fourth-order valence-corrected chi connectivity index (χ4v) is 2.07. The van der Waals surface area contributed by atoms with Gasteiger partial charge in [0.25, 0.3) is 0 Å². The van der Waals surface area contributed by atoms with Crippen molar-refractivity contribution in [3.8, 4) is 0 Å². The lowest BCUT2D eigenvalue weighted by Gasteiger charge is -2.39. The van der Waals surface area contributed by atoms with Gasteiger partial charge < -0.3 is 14.7 Å². The number of anilines is 1. The van der Waals surface area contributed by atoms with Crippen LogP contribution in [0.25, 0.3) is 0 Å². The van der Waals surface area contributed by atoms with E-state index < -0.39 is 5.82 Å². The molecule has 1 aliphatic heterocycles. The van der Waals surface area contributed by atoms with Crippen LogP contribution < -0.4 is 4.90 Å². The lowest BCUT2D eigenvalue weighted by atomic mass is 10.1. The van der Waals surface area contributed by atoms with Crippen molar-refractivity contribution in [2.75, 3.05) is 24.6 Å². The Morgan fingerprint density at radius 3 is 3.00 bits per heavy atom. The third kappa shape index (κ3) is 2.73. The number of hydrogen-bond donors (Lipinski definition) is 1. The van der Waals surface area contributed by atoms with Gasteiger partial charge in [-0.2, -0.15) is 0 Å². The van der Waals surface area contributed by atoms with Crippen molar-refractivity contribution >= 4 is 5.82 Å². The zero-order valence-electron chi connectivity index (χ0n) is 10.1. The fraction of sp³-hybridized carbons (Fsp3) is 0.583. The Labute approximate surface area is 100 Å². The first-order valence-corrected chi connectivity index (χ1v) is 5.66. The van der Waals surface area contributed by atoms with Gasteiger partial charge in [-0.15, -0.1) is 0 Å². The maximum Gasteiger partial charge on any atom is 0.142 e. The third-order valence-corrected chi connectivity index (χ3v) is 2.81.